The molecule has 2 heterocycles. The maximum absolute atomic E-state index is 5.49. The first-order chi connectivity index (χ1) is 9.49. The average molecular weight is 294 g/mol. The predicted molar refractivity (Wildman–Crippen MR) is 81.7 cm³/mol. The van der Waals surface area contributed by atoms with Crippen LogP contribution in [0.25, 0.3) is 0 Å². The molecule has 0 radical (unpaired) electrons. The van der Waals surface area contributed by atoms with Crippen molar-refractivity contribution in [2.75, 3.05) is 14.2 Å². The highest BCUT2D eigenvalue weighted by atomic mass is 32.1. The van der Waals surface area contributed by atoms with Crippen molar-refractivity contribution in [1.82, 2.24) is 20.1 Å². The molecule has 2 aromatic rings. The summed E-state index contributed by atoms with van der Waals surface area (Å²) in [4.78, 5) is 5.74. The van der Waals surface area contributed by atoms with Gasteiger partial charge in [0.05, 0.1) is 34.9 Å². The molecule has 0 aliphatic carbocycles. The van der Waals surface area contributed by atoms with Gasteiger partial charge in [-0.25, -0.2) is 4.98 Å². The van der Waals surface area contributed by atoms with E-state index in [1.807, 2.05) is 25.6 Å². The Hall–Kier alpha value is -1.40. The Morgan fingerprint density at radius 2 is 2.05 bits per heavy atom. The molecule has 5 nitrogen and oxygen atoms in total. The van der Waals surface area contributed by atoms with Crippen LogP contribution < -0.4 is 10.1 Å². The van der Waals surface area contributed by atoms with Crippen molar-refractivity contribution >= 4 is 11.3 Å². The van der Waals surface area contributed by atoms with Gasteiger partial charge in [0.25, 0.3) is 0 Å². The molecular weight excluding hydrogens is 272 g/mol. The molecule has 0 amide bonds. The van der Waals surface area contributed by atoms with Gasteiger partial charge < -0.3 is 10.1 Å². The van der Waals surface area contributed by atoms with Crippen LogP contribution in [0.5, 0.6) is 5.75 Å². The lowest BCUT2D eigenvalue weighted by molar-refractivity contribution is 0.396. The maximum atomic E-state index is 5.49. The summed E-state index contributed by atoms with van der Waals surface area (Å²) in [5.74, 6) is 0.809. The Balaban J connectivity index is 2.56. The molecule has 0 fully saturated rings. The summed E-state index contributed by atoms with van der Waals surface area (Å²) in [5, 5.41) is 8.90. The summed E-state index contributed by atoms with van der Waals surface area (Å²) in [5.41, 5.74) is 2.11. The van der Waals surface area contributed by atoms with E-state index in [2.05, 4.69) is 29.2 Å². The summed E-state index contributed by atoms with van der Waals surface area (Å²) >= 11 is 1.71. The van der Waals surface area contributed by atoms with E-state index < -0.39 is 0 Å². The van der Waals surface area contributed by atoms with E-state index in [1.165, 1.54) is 4.88 Å². The van der Waals surface area contributed by atoms with Crippen LogP contribution >= 0.6 is 11.3 Å². The molecular formula is C14H22N4OS. The van der Waals surface area contributed by atoms with Gasteiger partial charge in [-0.3, -0.25) is 4.68 Å². The first-order valence-electron chi connectivity index (χ1n) is 6.72. The zero-order valence-electron chi connectivity index (χ0n) is 12.9. The second-order valence-corrected chi connectivity index (χ2v) is 6.28. The molecule has 1 atom stereocenters. The third-order valence-corrected chi connectivity index (χ3v) is 4.41. The van der Waals surface area contributed by atoms with Crippen molar-refractivity contribution in [3.8, 4) is 5.75 Å². The monoisotopic (exact) mass is 294 g/mol. The number of aromatic nitrogens is 3. The van der Waals surface area contributed by atoms with E-state index in [0.29, 0.717) is 0 Å². The van der Waals surface area contributed by atoms with Crippen LogP contribution in [0, 0.1) is 13.8 Å². The van der Waals surface area contributed by atoms with Gasteiger partial charge >= 0.3 is 0 Å². The number of nitrogens with one attached hydrogen (secondary N) is 1. The maximum Gasteiger partial charge on any atom is 0.161 e. The molecule has 0 aromatic carbocycles. The minimum Gasteiger partial charge on any atom is -0.493 e. The Bertz CT molecular complexity index is 588. The molecule has 110 valence electrons. The zero-order chi connectivity index (χ0) is 14.9. The third-order valence-electron chi connectivity index (χ3n) is 3.27. The molecule has 6 heteroatoms. The van der Waals surface area contributed by atoms with Crippen LogP contribution in [0.15, 0.2) is 6.20 Å². The summed E-state index contributed by atoms with van der Waals surface area (Å²) in [6.07, 6.45) is 1.78. The molecule has 0 aliphatic rings. The molecule has 1 N–H and O–H groups in total. The summed E-state index contributed by atoms with van der Waals surface area (Å²) in [6, 6.07) is 0.320. The van der Waals surface area contributed by atoms with Crippen molar-refractivity contribution in [2.24, 2.45) is 0 Å². The molecule has 20 heavy (non-hydrogen) atoms. The fourth-order valence-corrected chi connectivity index (χ4v) is 3.45. The topological polar surface area (TPSA) is 52.0 Å². The highest BCUT2D eigenvalue weighted by Gasteiger charge is 2.26. The van der Waals surface area contributed by atoms with Gasteiger partial charge in [-0.15, -0.1) is 11.3 Å². The SMILES string of the molecule is CNC(c1sc(C)nc1C)c1c(OC)cnn1C(C)C. The number of aryl methyl sites for hydroxylation is 2. The predicted octanol–water partition coefficient (Wildman–Crippen LogP) is 2.85. The van der Waals surface area contributed by atoms with E-state index >= 15 is 0 Å². The summed E-state index contributed by atoms with van der Waals surface area (Å²) < 4.78 is 7.50. The van der Waals surface area contributed by atoms with Crippen molar-refractivity contribution < 1.29 is 4.74 Å². The van der Waals surface area contributed by atoms with Crippen LogP contribution in [-0.2, 0) is 0 Å². The van der Waals surface area contributed by atoms with Crippen LogP contribution in [0.3, 0.4) is 0 Å². The van der Waals surface area contributed by atoms with Crippen LogP contribution in [0.2, 0.25) is 0 Å². The number of nitrogens with zero attached hydrogens (tertiary/aromatic N) is 3. The highest BCUT2D eigenvalue weighted by molar-refractivity contribution is 7.11. The van der Waals surface area contributed by atoms with Gasteiger partial charge in [-0.1, -0.05) is 0 Å². The van der Waals surface area contributed by atoms with Crippen molar-refractivity contribution in [3.05, 3.63) is 27.5 Å². The second-order valence-electron chi connectivity index (χ2n) is 5.04. The first-order valence-corrected chi connectivity index (χ1v) is 7.53. The molecule has 0 aliphatic heterocycles. The smallest absolute Gasteiger partial charge is 0.161 e. The highest BCUT2D eigenvalue weighted by Crippen LogP contribution is 2.35. The standard InChI is InChI=1S/C14H22N4OS/c1-8(2)18-13(11(19-6)7-16-18)12(15-5)14-9(3)17-10(4)20-14/h7-8,12,15H,1-6H3. The fourth-order valence-electron chi connectivity index (χ4n) is 2.41. The Labute approximate surface area is 124 Å². The van der Waals surface area contributed by atoms with Crippen LogP contribution in [0.1, 0.15) is 47.2 Å². The molecule has 2 rings (SSSR count). The lowest BCUT2D eigenvalue weighted by Crippen LogP contribution is -2.23. The number of thiazole rings is 1. The van der Waals surface area contributed by atoms with Crippen LogP contribution in [-0.4, -0.2) is 28.9 Å². The normalized spacial score (nSPS) is 12.9. The van der Waals surface area contributed by atoms with Crippen molar-refractivity contribution in [2.45, 2.75) is 39.8 Å². The molecule has 0 spiro atoms. The summed E-state index contributed by atoms with van der Waals surface area (Å²) in [6.45, 7) is 8.32. The van der Waals surface area contributed by atoms with Crippen molar-refractivity contribution in [3.63, 3.8) is 0 Å². The number of rotatable bonds is 5. The van der Waals surface area contributed by atoms with E-state index in [9.17, 15) is 0 Å². The van der Waals surface area contributed by atoms with Gasteiger partial charge in [-0.2, -0.15) is 5.10 Å². The van der Waals surface area contributed by atoms with E-state index in [1.54, 1.807) is 24.6 Å². The first kappa shape index (κ1) is 15.0. The molecule has 0 saturated carbocycles. The number of ether oxygens (including phenoxy) is 1. The largest absolute Gasteiger partial charge is 0.493 e. The van der Waals surface area contributed by atoms with Gasteiger partial charge in [0, 0.05) is 6.04 Å². The molecule has 0 bridgehead atoms. The number of methoxy groups -OCH3 is 1. The summed E-state index contributed by atoms with van der Waals surface area (Å²) in [7, 11) is 3.64. The molecule has 2 aromatic heterocycles. The fraction of sp³-hybridized carbons (Fsp3) is 0.571. The second kappa shape index (κ2) is 5.93. The van der Waals surface area contributed by atoms with Gasteiger partial charge in [-0.05, 0) is 34.7 Å². The van der Waals surface area contributed by atoms with Gasteiger partial charge in [0.2, 0.25) is 0 Å². The van der Waals surface area contributed by atoms with E-state index in [-0.39, 0.29) is 12.1 Å². The van der Waals surface area contributed by atoms with E-state index in [0.717, 1.165) is 22.1 Å². The van der Waals surface area contributed by atoms with Crippen molar-refractivity contribution in [1.29, 1.82) is 0 Å². The minimum absolute atomic E-state index is 0.0426. The Morgan fingerprint density at radius 3 is 2.50 bits per heavy atom. The number of hydrogen-bond donors (Lipinski definition) is 1. The number of hydrogen-bond acceptors (Lipinski definition) is 5. The Morgan fingerprint density at radius 1 is 1.35 bits per heavy atom. The zero-order valence-corrected chi connectivity index (χ0v) is 13.7. The molecule has 1 unspecified atom stereocenters. The quantitative estimate of drug-likeness (QED) is 0.921. The van der Waals surface area contributed by atoms with Crippen LogP contribution in [0.4, 0.5) is 0 Å². The lowest BCUT2D eigenvalue weighted by Gasteiger charge is -2.20. The van der Waals surface area contributed by atoms with E-state index in [4.69, 9.17) is 4.74 Å². The van der Waals surface area contributed by atoms with Gasteiger partial charge in [0.15, 0.2) is 5.75 Å². The van der Waals surface area contributed by atoms with Gasteiger partial charge in [0.1, 0.15) is 5.69 Å². The average Bonchev–Trinajstić information content (AvgIpc) is 2.95. The minimum atomic E-state index is 0.0426. The Kier molecular flexibility index (Phi) is 4.45. The lowest BCUT2D eigenvalue weighted by atomic mass is 10.1. The third kappa shape index (κ3) is 2.58. The molecule has 0 saturated heterocycles.